The molecule has 0 radical (unpaired) electrons. The van der Waals surface area contributed by atoms with Gasteiger partial charge in [0.15, 0.2) is 5.13 Å². The Kier molecular flexibility index (Phi) is 9.98. The van der Waals surface area contributed by atoms with E-state index in [1.54, 1.807) is 19.2 Å². The van der Waals surface area contributed by atoms with Gasteiger partial charge in [0.25, 0.3) is 0 Å². The van der Waals surface area contributed by atoms with Gasteiger partial charge in [-0.3, -0.25) is 10.3 Å². The van der Waals surface area contributed by atoms with Crippen LogP contribution >= 0.6 is 11.3 Å². The summed E-state index contributed by atoms with van der Waals surface area (Å²) in [5.74, 6) is -0.511. The Hall–Kier alpha value is -3.09. The number of hydrogen-bond donors (Lipinski definition) is 4. The maximum atomic E-state index is 14.7. The summed E-state index contributed by atoms with van der Waals surface area (Å²) >= 11 is 1.38. The number of rotatable bonds is 10. The number of likely N-dealkylation sites (N-methyl/N-ethyl adjacent to an activating group) is 1. The van der Waals surface area contributed by atoms with E-state index in [0.29, 0.717) is 43.5 Å². The second kappa shape index (κ2) is 12.7. The van der Waals surface area contributed by atoms with E-state index < -0.39 is 11.9 Å². The number of nitrogens with two attached hydrogens (primary N) is 1. The third kappa shape index (κ3) is 6.97. The molecule has 5 N–H and O–H groups in total. The van der Waals surface area contributed by atoms with Crippen LogP contribution in [0, 0.1) is 11.2 Å². The van der Waals surface area contributed by atoms with Crippen molar-refractivity contribution < 1.29 is 18.7 Å². The second-order valence-corrected chi connectivity index (χ2v) is 7.61. The fraction of sp³-hybridized carbons (Fsp3) is 0.400. The van der Waals surface area contributed by atoms with Crippen LogP contribution in [0.15, 0.2) is 23.6 Å². The fourth-order valence-corrected chi connectivity index (χ4v) is 3.60. The van der Waals surface area contributed by atoms with Gasteiger partial charge in [0.2, 0.25) is 0 Å². The van der Waals surface area contributed by atoms with E-state index in [1.165, 1.54) is 34.1 Å². The van der Waals surface area contributed by atoms with Crippen molar-refractivity contribution in [2.45, 2.75) is 19.6 Å². The largest absolute Gasteiger partial charge is 0.443 e. The van der Waals surface area contributed by atoms with Crippen LogP contribution in [0.3, 0.4) is 0 Å². The molecule has 1 fully saturated rings. The number of benzene rings is 1. The minimum atomic E-state index is -0.511. The van der Waals surface area contributed by atoms with Crippen LogP contribution in [0.4, 0.5) is 25.7 Å². The number of ether oxygens (including phenoxy) is 1. The molecule has 1 unspecified atom stereocenters. The fourth-order valence-electron chi connectivity index (χ4n) is 3.04. The molecule has 1 atom stereocenters. The van der Waals surface area contributed by atoms with Crippen molar-refractivity contribution in [3.63, 3.8) is 0 Å². The van der Waals surface area contributed by atoms with Crippen LogP contribution in [-0.2, 0) is 16.1 Å². The smallest absolute Gasteiger partial charge is 0.414 e. The SMILES string of the molecule is CC=O.CNCC1CN(c2ccc(N(C=N)CCNCc3csc(N)n3)c(F)c2)C(=O)O1. The van der Waals surface area contributed by atoms with E-state index in [9.17, 15) is 9.18 Å². The Morgan fingerprint density at radius 2 is 2.25 bits per heavy atom. The number of hydrogen-bond acceptors (Lipinski definition) is 9. The Morgan fingerprint density at radius 3 is 2.84 bits per heavy atom. The van der Waals surface area contributed by atoms with Gasteiger partial charge in [-0.15, -0.1) is 11.3 Å². The lowest BCUT2D eigenvalue weighted by Crippen LogP contribution is -2.32. The molecule has 32 heavy (non-hydrogen) atoms. The van der Waals surface area contributed by atoms with Crippen molar-refractivity contribution >= 4 is 46.6 Å². The standard InChI is InChI=1S/C18H24FN7O2S.C2H4O/c1-22-8-14-9-26(18(27)28-14)13-2-3-16(15(19)6-13)25(11-20)5-4-23-7-12-10-29-17(21)24-12;1-2-3/h2-3,6,10-11,14,20,22-23H,4-5,7-9H2,1H3,(H2,21,24);2H,1H3. The van der Waals surface area contributed by atoms with Crippen LogP contribution < -0.4 is 26.2 Å². The summed E-state index contributed by atoms with van der Waals surface area (Å²) in [6, 6.07) is 4.51. The first kappa shape index (κ1) is 25.2. The van der Waals surface area contributed by atoms with Crippen LogP contribution in [0.1, 0.15) is 12.6 Å². The van der Waals surface area contributed by atoms with Gasteiger partial charge in [-0.1, -0.05) is 0 Å². The number of nitrogens with one attached hydrogen (secondary N) is 3. The summed E-state index contributed by atoms with van der Waals surface area (Å²) in [5, 5.41) is 16.2. The third-order valence-electron chi connectivity index (χ3n) is 4.42. The highest BCUT2D eigenvalue weighted by Gasteiger charge is 2.32. The van der Waals surface area contributed by atoms with Gasteiger partial charge < -0.3 is 30.8 Å². The molecule has 3 rings (SSSR count). The molecule has 1 aromatic carbocycles. The van der Waals surface area contributed by atoms with Crippen LogP contribution in [0.2, 0.25) is 0 Å². The van der Waals surface area contributed by atoms with Gasteiger partial charge in [-0.05, 0) is 32.2 Å². The molecule has 12 heteroatoms. The van der Waals surface area contributed by atoms with Crippen molar-refractivity contribution in [3.05, 3.63) is 35.1 Å². The number of carbonyl (C=O) groups is 2. The van der Waals surface area contributed by atoms with Crippen molar-refractivity contribution in [2.75, 3.05) is 48.8 Å². The molecule has 10 nitrogen and oxygen atoms in total. The van der Waals surface area contributed by atoms with E-state index in [2.05, 4.69) is 15.6 Å². The lowest BCUT2D eigenvalue weighted by Gasteiger charge is -2.21. The first-order valence-corrected chi connectivity index (χ1v) is 10.8. The van der Waals surface area contributed by atoms with E-state index in [4.69, 9.17) is 20.7 Å². The molecule has 1 aliphatic heterocycles. The zero-order chi connectivity index (χ0) is 23.5. The average Bonchev–Trinajstić information content (AvgIpc) is 3.34. The molecule has 1 amide bonds. The number of halogens is 1. The third-order valence-corrected chi connectivity index (χ3v) is 5.14. The zero-order valence-electron chi connectivity index (χ0n) is 18.0. The lowest BCUT2D eigenvalue weighted by atomic mass is 10.2. The van der Waals surface area contributed by atoms with Gasteiger partial charge in [0.05, 0.1) is 30.0 Å². The maximum absolute atomic E-state index is 14.7. The predicted molar refractivity (Wildman–Crippen MR) is 124 cm³/mol. The molecule has 1 saturated heterocycles. The monoisotopic (exact) mass is 465 g/mol. The van der Waals surface area contributed by atoms with Gasteiger partial charge >= 0.3 is 6.09 Å². The minimum Gasteiger partial charge on any atom is -0.443 e. The molecule has 0 saturated carbocycles. The normalized spacial score (nSPS) is 15.0. The van der Waals surface area contributed by atoms with Gasteiger partial charge in [0, 0.05) is 31.6 Å². The van der Waals surface area contributed by atoms with Gasteiger partial charge in [-0.25, -0.2) is 14.2 Å². The predicted octanol–water partition coefficient (Wildman–Crippen LogP) is 1.82. The summed E-state index contributed by atoms with van der Waals surface area (Å²) in [5.41, 5.74) is 7.14. The average molecular weight is 466 g/mol. The highest BCUT2D eigenvalue weighted by atomic mass is 32.1. The summed E-state index contributed by atoms with van der Waals surface area (Å²) in [6.45, 7) is 3.81. The van der Waals surface area contributed by atoms with Crippen molar-refractivity contribution in [1.82, 2.24) is 15.6 Å². The first-order valence-electron chi connectivity index (χ1n) is 9.93. The van der Waals surface area contributed by atoms with Gasteiger partial charge in [-0.2, -0.15) is 0 Å². The number of aldehydes is 1. The second-order valence-electron chi connectivity index (χ2n) is 6.72. The van der Waals surface area contributed by atoms with E-state index in [1.807, 2.05) is 5.38 Å². The molecule has 0 spiro atoms. The number of nitrogen functional groups attached to an aromatic ring is 1. The molecule has 1 aromatic heterocycles. The van der Waals surface area contributed by atoms with E-state index in [-0.39, 0.29) is 11.8 Å². The molecular formula is C20H28FN7O3S. The molecule has 2 aromatic rings. The zero-order valence-corrected chi connectivity index (χ0v) is 18.8. The quantitative estimate of drug-likeness (QED) is 0.181. The van der Waals surface area contributed by atoms with Crippen LogP contribution in [0.25, 0.3) is 0 Å². The van der Waals surface area contributed by atoms with Crippen molar-refractivity contribution in [2.24, 2.45) is 0 Å². The van der Waals surface area contributed by atoms with Crippen molar-refractivity contribution in [1.29, 1.82) is 5.41 Å². The molecule has 0 bridgehead atoms. The minimum absolute atomic E-state index is 0.266. The number of anilines is 3. The summed E-state index contributed by atoms with van der Waals surface area (Å²) in [6.07, 6.45) is 1.06. The highest BCUT2D eigenvalue weighted by Crippen LogP contribution is 2.27. The number of nitrogens with zero attached hydrogens (tertiary/aromatic N) is 3. The highest BCUT2D eigenvalue weighted by molar-refractivity contribution is 7.13. The van der Waals surface area contributed by atoms with Crippen LogP contribution in [-0.4, -0.2) is 63.0 Å². The van der Waals surface area contributed by atoms with Crippen molar-refractivity contribution in [3.8, 4) is 0 Å². The molecule has 1 aliphatic rings. The summed E-state index contributed by atoms with van der Waals surface area (Å²) < 4.78 is 20.0. The van der Waals surface area contributed by atoms with E-state index in [0.717, 1.165) is 18.3 Å². The Balaban J connectivity index is 0.00000114. The Morgan fingerprint density at radius 1 is 1.50 bits per heavy atom. The summed E-state index contributed by atoms with van der Waals surface area (Å²) in [7, 11) is 1.78. The van der Waals surface area contributed by atoms with E-state index >= 15 is 0 Å². The Bertz CT molecular complexity index is 911. The number of aromatic nitrogens is 1. The number of amides is 1. The lowest BCUT2D eigenvalue weighted by molar-refractivity contribution is -0.106. The maximum Gasteiger partial charge on any atom is 0.414 e. The Labute approximate surface area is 190 Å². The van der Waals surface area contributed by atoms with Crippen LogP contribution in [0.5, 0.6) is 0 Å². The topological polar surface area (TPSA) is 137 Å². The summed E-state index contributed by atoms with van der Waals surface area (Å²) in [4.78, 5) is 27.9. The van der Waals surface area contributed by atoms with Gasteiger partial charge in [0.1, 0.15) is 18.2 Å². The number of thiazole rings is 1. The molecule has 174 valence electrons. The molecule has 2 heterocycles. The molecular weight excluding hydrogens is 437 g/mol. The first-order chi connectivity index (χ1) is 15.4. The number of carbonyl (C=O) groups excluding carboxylic acids is 2. The number of cyclic esters (lactones) is 1. The molecule has 0 aliphatic carbocycles.